The average molecular weight is 314 g/mol. The summed E-state index contributed by atoms with van der Waals surface area (Å²) < 4.78 is 0. The molecule has 1 amide bonds. The molecule has 0 aromatic heterocycles. The number of amides is 1. The Balaban J connectivity index is 1.39. The summed E-state index contributed by atoms with van der Waals surface area (Å²) in [5, 5.41) is 8.33. The Bertz CT molecular complexity index is 554. The van der Waals surface area contributed by atoms with E-state index in [1.807, 2.05) is 0 Å². The molecular formula is C18H26N4O. The molecule has 0 aromatic rings. The number of piperazine rings is 1. The molecule has 0 N–H and O–H groups in total. The van der Waals surface area contributed by atoms with Crippen LogP contribution in [0.4, 0.5) is 0 Å². The molecule has 3 fully saturated rings. The molecule has 0 bridgehead atoms. The van der Waals surface area contributed by atoms with E-state index in [-0.39, 0.29) is 11.2 Å². The molecule has 5 heteroatoms. The molecule has 1 unspecified atom stereocenters. The van der Waals surface area contributed by atoms with Crippen molar-refractivity contribution in [1.29, 1.82) is 0 Å². The highest BCUT2D eigenvalue weighted by Crippen LogP contribution is 2.48. The Morgan fingerprint density at radius 1 is 1.17 bits per heavy atom. The maximum Gasteiger partial charge on any atom is 0.223 e. The summed E-state index contributed by atoms with van der Waals surface area (Å²) in [4.78, 5) is 17.8. The predicted molar refractivity (Wildman–Crippen MR) is 87.8 cm³/mol. The Kier molecular flexibility index (Phi) is 3.68. The molecule has 0 radical (unpaired) electrons. The lowest BCUT2D eigenvalue weighted by Crippen LogP contribution is -2.70. The maximum absolute atomic E-state index is 12.9. The van der Waals surface area contributed by atoms with Crippen molar-refractivity contribution in [3.8, 4) is 12.3 Å². The first-order chi connectivity index (χ1) is 11.2. The third-order valence-corrected chi connectivity index (χ3v) is 6.44. The summed E-state index contributed by atoms with van der Waals surface area (Å²) in [5.74, 6) is 2.96. The van der Waals surface area contributed by atoms with Gasteiger partial charge >= 0.3 is 0 Å². The molecule has 0 aromatic carbocycles. The summed E-state index contributed by atoms with van der Waals surface area (Å²) >= 11 is 0. The second kappa shape index (κ2) is 5.59. The Hall–Kier alpha value is -1.41. The van der Waals surface area contributed by atoms with Crippen LogP contribution >= 0.6 is 0 Å². The van der Waals surface area contributed by atoms with Gasteiger partial charge in [0.1, 0.15) is 0 Å². The summed E-state index contributed by atoms with van der Waals surface area (Å²) in [6.07, 6.45) is 14.3. The predicted octanol–water partition coefficient (Wildman–Crippen LogP) is 2.57. The quantitative estimate of drug-likeness (QED) is 0.732. The maximum atomic E-state index is 12.9. The second-order valence-corrected chi connectivity index (χ2v) is 7.58. The van der Waals surface area contributed by atoms with Crippen molar-refractivity contribution in [3.63, 3.8) is 0 Å². The van der Waals surface area contributed by atoms with E-state index in [4.69, 9.17) is 6.42 Å². The van der Waals surface area contributed by atoms with E-state index in [1.54, 1.807) is 0 Å². The van der Waals surface area contributed by atoms with Crippen LogP contribution in [0.25, 0.3) is 0 Å². The molecular weight excluding hydrogens is 288 g/mol. The first kappa shape index (κ1) is 15.1. The van der Waals surface area contributed by atoms with Crippen LogP contribution in [0, 0.1) is 12.3 Å². The lowest BCUT2D eigenvalue weighted by atomic mass is 9.68. The minimum atomic E-state index is -0.329. The molecule has 3 aliphatic heterocycles. The summed E-state index contributed by atoms with van der Waals surface area (Å²) in [5.41, 5.74) is -0.181. The molecule has 4 aliphatic rings. The van der Waals surface area contributed by atoms with E-state index in [9.17, 15) is 4.79 Å². The van der Waals surface area contributed by atoms with Crippen molar-refractivity contribution in [2.45, 2.75) is 75.0 Å². The van der Waals surface area contributed by atoms with Gasteiger partial charge in [0.25, 0.3) is 0 Å². The zero-order valence-corrected chi connectivity index (χ0v) is 13.8. The van der Waals surface area contributed by atoms with E-state index in [0.29, 0.717) is 24.8 Å². The number of terminal acetylenes is 1. The van der Waals surface area contributed by atoms with Crippen molar-refractivity contribution in [2.75, 3.05) is 19.6 Å². The van der Waals surface area contributed by atoms with Crippen LogP contribution in [0.5, 0.6) is 0 Å². The Morgan fingerprint density at radius 3 is 2.65 bits per heavy atom. The number of carbonyl (C=O) groups excluding carboxylic acids is 1. The minimum absolute atomic E-state index is 0.148. The van der Waals surface area contributed by atoms with Gasteiger partial charge in [-0.1, -0.05) is 0 Å². The van der Waals surface area contributed by atoms with Gasteiger partial charge < -0.3 is 4.90 Å². The van der Waals surface area contributed by atoms with Gasteiger partial charge in [-0.3, -0.25) is 9.69 Å². The van der Waals surface area contributed by atoms with E-state index in [2.05, 4.69) is 25.9 Å². The van der Waals surface area contributed by atoms with Gasteiger partial charge in [-0.05, 0) is 38.6 Å². The number of hydrogen-bond donors (Lipinski definition) is 0. The van der Waals surface area contributed by atoms with Crippen LogP contribution in [0.15, 0.2) is 10.2 Å². The van der Waals surface area contributed by atoms with E-state index in [1.165, 1.54) is 38.6 Å². The van der Waals surface area contributed by atoms with Crippen molar-refractivity contribution < 1.29 is 4.79 Å². The van der Waals surface area contributed by atoms with Gasteiger partial charge in [0.05, 0.1) is 5.54 Å². The topological polar surface area (TPSA) is 48.3 Å². The van der Waals surface area contributed by atoms with Gasteiger partial charge in [-0.2, -0.15) is 10.2 Å². The molecule has 3 heterocycles. The van der Waals surface area contributed by atoms with Crippen LogP contribution in [-0.2, 0) is 4.79 Å². The molecule has 2 saturated heterocycles. The van der Waals surface area contributed by atoms with Crippen molar-refractivity contribution in [2.24, 2.45) is 10.2 Å². The van der Waals surface area contributed by atoms with Crippen LogP contribution in [-0.4, -0.2) is 52.6 Å². The van der Waals surface area contributed by atoms with E-state index < -0.39 is 0 Å². The fourth-order valence-corrected chi connectivity index (χ4v) is 4.96. The Morgan fingerprint density at radius 2 is 2.00 bits per heavy atom. The van der Waals surface area contributed by atoms with E-state index in [0.717, 1.165) is 25.9 Å². The smallest absolute Gasteiger partial charge is 0.223 e. The first-order valence-corrected chi connectivity index (χ1v) is 9.11. The molecule has 1 atom stereocenters. The van der Waals surface area contributed by atoms with Crippen LogP contribution < -0.4 is 0 Å². The minimum Gasteiger partial charge on any atom is -0.334 e. The van der Waals surface area contributed by atoms with Crippen molar-refractivity contribution >= 4 is 5.91 Å². The summed E-state index contributed by atoms with van der Waals surface area (Å²) in [7, 11) is 0. The highest BCUT2D eigenvalue weighted by atomic mass is 16.2. The first-order valence-electron chi connectivity index (χ1n) is 9.11. The van der Waals surface area contributed by atoms with Crippen LogP contribution in [0.3, 0.4) is 0 Å². The summed E-state index contributed by atoms with van der Waals surface area (Å²) in [6.45, 7) is 3.18. The molecule has 124 valence electrons. The standard InChI is InChI=1S/C18H26N4O/c1-2-3-10-18(19-20-18)11-7-16(23)22-14-13-21-12-4-6-15(21)17(22)8-5-9-17/h1,15H,3-14H2. The number of rotatable bonds is 5. The second-order valence-electron chi connectivity index (χ2n) is 7.58. The highest BCUT2D eigenvalue weighted by molar-refractivity contribution is 5.77. The van der Waals surface area contributed by atoms with Crippen LogP contribution in [0.1, 0.15) is 57.8 Å². The van der Waals surface area contributed by atoms with Gasteiger partial charge in [0, 0.05) is 44.8 Å². The van der Waals surface area contributed by atoms with Crippen molar-refractivity contribution in [3.05, 3.63) is 0 Å². The van der Waals surface area contributed by atoms with Gasteiger partial charge in [0.15, 0.2) is 5.66 Å². The van der Waals surface area contributed by atoms with E-state index >= 15 is 0 Å². The molecule has 1 spiro atoms. The number of fused-ring (bicyclic) bond motifs is 2. The molecule has 1 aliphatic carbocycles. The van der Waals surface area contributed by atoms with Gasteiger partial charge in [-0.15, -0.1) is 12.3 Å². The number of nitrogens with zero attached hydrogens (tertiary/aromatic N) is 4. The Labute approximate surface area is 138 Å². The van der Waals surface area contributed by atoms with Gasteiger partial charge in [-0.25, -0.2) is 0 Å². The highest BCUT2D eigenvalue weighted by Gasteiger charge is 2.55. The molecule has 4 rings (SSSR count). The molecule has 23 heavy (non-hydrogen) atoms. The molecule has 5 nitrogen and oxygen atoms in total. The van der Waals surface area contributed by atoms with Crippen molar-refractivity contribution in [1.82, 2.24) is 9.80 Å². The summed E-state index contributed by atoms with van der Waals surface area (Å²) in [6, 6.07) is 0.611. The third-order valence-electron chi connectivity index (χ3n) is 6.44. The third kappa shape index (κ3) is 2.48. The van der Waals surface area contributed by atoms with Gasteiger partial charge in [0.2, 0.25) is 5.91 Å². The normalized spacial score (nSPS) is 29.9. The average Bonchev–Trinajstić information content (AvgIpc) is 3.13. The lowest BCUT2D eigenvalue weighted by molar-refractivity contribution is -0.154. The van der Waals surface area contributed by atoms with Crippen LogP contribution in [0.2, 0.25) is 0 Å². The zero-order valence-electron chi connectivity index (χ0n) is 13.8. The number of hydrogen-bond acceptors (Lipinski definition) is 4. The monoisotopic (exact) mass is 314 g/mol. The lowest BCUT2D eigenvalue weighted by Gasteiger charge is -2.59. The zero-order chi connectivity index (χ0) is 15.9. The number of carbonyl (C=O) groups is 1. The largest absolute Gasteiger partial charge is 0.334 e. The molecule has 1 saturated carbocycles. The fourth-order valence-electron chi connectivity index (χ4n) is 4.96. The SMILES string of the molecule is C#CCCC1(CCC(=O)N2CCN3CCCC3C23CCC3)N=N1. The fraction of sp³-hybridized carbons (Fsp3) is 0.833.